The van der Waals surface area contributed by atoms with Gasteiger partial charge in [-0.05, 0) is 31.6 Å². The van der Waals surface area contributed by atoms with Crippen LogP contribution in [0.3, 0.4) is 0 Å². The van der Waals surface area contributed by atoms with Gasteiger partial charge in [0.25, 0.3) is 0 Å². The lowest BCUT2D eigenvalue weighted by Crippen LogP contribution is -1.96. The van der Waals surface area contributed by atoms with Gasteiger partial charge in [0, 0.05) is 0 Å². The predicted molar refractivity (Wildman–Crippen MR) is 75.8 cm³/mol. The maximum atomic E-state index is 4.19. The van der Waals surface area contributed by atoms with Crippen LogP contribution in [0.2, 0.25) is 0 Å². The first-order chi connectivity index (χ1) is 7.70. The zero-order valence-electron chi connectivity index (χ0n) is 11.9. The largest absolute Gasteiger partial charge is 0.0999 e. The van der Waals surface area contributed by atoms with Crippen molar-refractivity contribution in [1.29, 1.82) is 0 Å². The smallest absolute Gasteiger partial charge is 0.0320 e. The van der Waals surface area contributed by atoms with Gasteiger partial charge in [0.15, 0.2) is 0 Å². The van der Waals surface area contributed by atoms with Gasteiger partial charge in [-0.15, -0.1) is 0 Å². The van der Waals surface area contributed by atoms with Crippen LogP contribution in [-0.2, 0) is 0 Å². The maximum Gasteiger partial charge on any atom is -0.0320 e. The van der Waals surface area contributed by atoms with Gasteiger partial charge < -0.3 is 0 Å². The molecule has 0 rings (SSSR count). The van der Waals surface area contributed by atoms with Crippen molar-refractivity contribution in [2.75, 3.05) is 0 Å². The summed E-state index contributed by atoms with van der Waals surface area (Å²) in [5.74, 6) is 0.898. The summed E-state index contributed by atoms with van der Waals surface area (Å²) in [6.45, 7) is 11.1. The van der Waals surface area contributed by atoms with Crippen LogP contribution in [0.15, 0.2) is 12.2 Å². The Bertz CT molecular complexity index is 157. The molecule has 0 aliphatic rings. The van der Waals surface area contributed by atoms with Crippen molar-refractivity contribution in [3.05, 3.63) is 12.2 Å². The van der Waals surface area contributed by atoms with Crippen molar-refractivity contribution in [3.8, 4) is 0 Å². The van der Waals surface area contributed by atoms with Crippen molar-refractivity contribution in [3.63, 3.8) is 0 Å². The summed E-state index contributed by atoms with van der Waals surface area (Å²) < 4.78 is 0. The van der Waals surface area contributed by atoms with Crippen LogP contribution in [0.4, 0.5) is 0 Å². The second-order valence-electron chi connectivity index (χ2n) is 5.35. The minimum absolute atomic E-state index is 0.898. The first kappa shape index (κ1) is 15.7. The lowest BCUT2D eigenvalue weighted by atomic mass is 9.94. The SMILES string of the molecule is C=C(CCCCC)CCC(C)CCCCC. The van der Waals surface area contributed by atoms with E-state index in [1.54, 1.807) is 0 Å². The zero-order valence-corrected chi connectivity index (χ0v) is 11.9. The van der Waals surface area contributed by atoms with Crippen LogP contribution in [0.25, 0.3) is 0 Å². The molecule has 0 bridgehead atoms. The van der Waals surface area contributed by atoms with Crippen LogP contribution in [0.5, 0.6) is 0 Å². The third-order valence-electron chi connectivity index (χ3n) is 3.43. The van der Waals surface area contributed by atoms with Crippen LogP contribution < -0.4 is 0 Å². The van der Waals surface area contributed by atoms with Gasteiger partial charge in [-0.1, -0.05) is 71.4 Å². The van der Waals surface area contributed by atoms with Gasteiger partial charge >= 0.3 is 0 Å². The third-order valence-corrected chi connectivity index (χ3v) is 3.43. The van der Waals surface area contributed by atoms with E-state index in [9.17, 15) is 0 Å². The number of rotatable bonds is 11. The molecule has 0 N–H and O–H groups in total. The number of hydrogen-bond acceptors (Lipinski definition) is 0. The predicted octanol–water partition coefficient (Wildman–Crippen LogP) is 6.12. The Morgan fingerprint density at radius 2 is 1.50 bits per heavy atom. The van der Waals surface area contributed by atoms with Crippen LogP contribution >= 0.6 is 0 Å². The zero-order chi connectivity index (χ0) is 12.2. The fraction of sp³-hybridized carbons (Fsp3) is 0.875. The van der Waals surface area contributed by atoms with Crippen molar-refractivity contribution < 1.29 is 0 Å². The van der Waals surface area contributed by atoms with E-state index in [1.807, 2.05) is 0 Å². The number of hydrogen-bond donors (Lipinski definition) is 0. The Labute approximate surface area is 104 Å². The Hall–Kier alpha value is -0.260. The van der Waals surface area contributed by atoms with E-state index >= 15 is 0 Å². The highest BCUT2D eigenvalue weighted by Crippen LogP contribution is 2.20. The quantitative estimate of drug-likeness (QED) is 0.293. The molecule has 0 heterocycles. The molecule has 0 spiro atoms. The topological polar surface area (TPSA) is 0 Å². The molecule has 1 atom stereocenters. The summed E-state index contributed by atoms with van der Waals surface area (Å²) in [4.78, 5) is 0. The molecule has 0 aromatic rings. The Balaban J connectivity index is 3.36. The third kappa shape index (κ3) is 10.3. The van der Waals surface area contributed by atoms with Crippen LogP contribution in [0.1, 0.15) is 85.0 Å². The lowest BCUT2D eigenvalue weighted by Gasteiger charge is -2.12. The van der Waals surface area contributed by atoms with Gasteiger partial charge in [0.2, 0.25) is 0 Å². The second kappa shape index (κ2) is 11.2. The lowest BCUT2D eigenvalue weighted by molar-refractivity contribution is 0.460. The number of unbranched alkanes of at least 4 members (excludes halogenated alkanes) is 4. The van der Waals surface area contributed by atoms with Crippen LogP contribution in [-0.4, -0.2) is 0 Å². The molecule has 0 saturated carbocycles. The summed E-state index contributed by atoms with van der Waals surface area (Å²) in [6.07, 6.45) is 13.5. The molecule has 0 aliphatic heterocycles. The number of allylic oxidation sites excluding steroid dienone is 1. The molecule has 0 radical (unpaired) electrons. The van der Waals surface area contributed by atoms with Crippen molar-refractivity contribution in [2.24, 2.45) is 5.92 Å². The Kier molecular flexibility index (Phi) is 11.0. The monoisotopic (exact) mass is 224 g/mol. The standard InChI is InChI=1S/C16H32/c1-5-7-9-11-15(3)13-14-16(4)12-10-8-6-2/h16H,3,5-14H2,1-2,4H3. The van der Waals surface area contributed by atoms with Gasteiger partial charge in [-0.2, -0.15) is 0 Å². The molecule has 0 aromatic carbocycles. The molecule has 0 amide bonds. The minimum Gasteiger partial charge on any atom is -0.0999 e. The molecule has 16 heavy (non-hydrogen) atoms. The molecule has 0 aromatic heterocycles. The van der Waals surface area contributed by atoms with Crippen molar-refractivity contribution in [1.82, 2.24) is 0 Å². The normalized spacial score (nSPS) is 12.7. The summed E-state index contributed by atoms with van der Waals surface area (Å²) in [5, 5.41) is 0. The van der Waals surface area contributed by atoms with E-state index in [0.29, 0.717) is 0 Å². The first-order valence-corrected chi connectivity index (χ1v) is 7.37. The highest BCUT2D eigenvalue weighted by molar-refractivity contribution is 4.93. The van der Waals surface area contributed by atoms with E-state index in [2.05, 4.69) is 27.4 Å². The summed E-state index contributed by atoms with van der Waals surface area (Å²) in [7, 11) is 0. The molecule has 0 aliphatic carbocycles. The first-order valence-electron chi connectivity index (χ1n) is 7.37. The summed E-state index contributed by atoms with van der Waals surface area (Å²) in [6, 6.07) is 0. The average Bonchev–Trinajstić information content (AvgIpc) is 2.27. The van der Waals surface area contributed by atoms with E-state index in [1.165, 1.54) is 69.8 Å². The van der Waals surface area contributed by atoms with Gasteiger partial charge in [0.05, 0.1) is 0 Å². The molecular weight excluding hydrogens is 192 g/mol. The molecule has 0 saturated heterocycles. The molecule has 96 valence electrons. The van der Waals surface area contributed by atoms with E-state index in [-0.39, 0.29) is 0 Å². The highest BCUT2D eigenvalue weighted by atomic mass is 14.1. The van der Waals surface area contributed by atoms with Crippen LogP contribution in [0, 0.1) is 5.92 Å². The Morgan fingerprint density at radius 3 is 2.12 bits per heavy atom. The fourth-order valence-electron chi connectivity index (χ4n) is 2.09. The fourth-order valence-corrected chi connectivity index (χ4v) is 2.09. The molecular formula is C16H32. The van der Waals surface area contributed by atoms with Crippen molar-refractivity contribution in [2.45, 2.75) is 85.0 Å². The minimum atomic E-state index is 0.898. The Morgan fingerprint density at radius 1 is 0.875 bits per heavy atom. The van der Waals surface area contributed by atoms with E-state index in [0.717, 1.165) is 5.92 Å². The van der Waals surface area contributed by atoms with E-state index in [4.69, 9.17) is 0 Å². The van der Waals surface area contributed by atoms with Gasteiger partial charge in [0.1, 0.15) is 0 Å². The van der Waals surface area contributed by atoms with Gasteiger partial charge in [-0.25, -0.2) is 0 Å². The maximum absolute atomic E-state index is 4.19. The van der Waals surface area contributed by atoms with Gasteiger partial charge in [-0.3, -0.25) is 0 Å². The second-order valence-corrected chi connectivity index (χ2v) is 5.35. The highest BCUT2D eigenvalue weighted by Gasteiger charge is 2.03. The van der Waals surface area contributed by atoms with E-state index < -0.39 is 0 Å². The summed E-state index contributed by atoms with van der Waals surface area (Å²) >= 11 is 0. The van der Waals surface area contributed by atoms with Crippen molar-refractivity contribution >= 4 is 0 Å². The molecule has 0 nitrogen and oxygen atoms in total. The average molecular weight is 224 g/mol. The summed E-state index contributed by atoms with van der Waals surface area (Å²) in [5.41, 5.74) is 1.48. The molecule has 1 unspecified atom stereocenters. The molecule has 0 heteroatoms. The molecule has 0 fully saturated rings.